The lowest BCUT2D eigenvalue weighted by Crippen LogP contribution is -2.51. The van der Waals surface area contributed by atoms with Crippen LogP contribution in [0.25, 0.3) is 0 Å². The second-order valence-electron chi connectivity index (χ2n) is 5.81. The van der Waals surface area contributed by atoms with Crippen molar-refractivity contribution in [2.45, 2.75) is 31.0 Å². The summed E-state index contributed by atoms with van der Waals surface area (Å²) in [6, 6.07) is 5.90. The van der Waals surface area contributed by atoms with Crippen LogP contribution in [0.2, 0.25) is 0 Å². The first-order valence-electron chi connectivity index (χ1n) is 6.83. The second-order valence-corrected chi connectivity index (χ2v) is 5.81. The van der Waals surface area contributed by atoms with Crippen LogP contribution >= 0.6 is 0 Å². The van der Waals surface area contributed by atoms with Crippen LogP contribution in [0.5, 0.6) is 11.5 Å². The molecule has 1 saturated carbocycles. The van der Waals surface area contributed by atoms with Crippen LogP contribution in [0.4, 0.5) is 0 Å². The van der Waals surface area contributed by atoms with Crippen molar-refractivity contribution in [1.82, 2.24) is 4.90 Å². The van der Waals surface area contributed by atoms with Crippen LogP contribution in [-0.4, -0.2) is 49.0 Å². The van der Waals surface area contributed by atoms with Gasteiger partial charge < -0.3 is 14.6 Å². The zero-order chi connectivity index (χ0) is 13.5. The Balaban J connectivity index is 1.81. The molecule has 0 atom stereocenters. The molecule has 104 valence electrons. The maximum absolute atomic E-state index is 10.1. The largest absolute Gasteiger partial charge is 0.493 e. The lowest BCUT2D eigenvalue weighted by atomic mass is 10.0. The Kier molecular flexibility index (Phi) is 3.15. The predicted molar refractivity (Wildman–Crippen MR) is 72.8 cm³/mol. The van der Waals surface area contributed by atoms with E-state index in [1.807, 2.05) is 18.2 Å². The molecule has 0 spiro atoms. The Morgan fingerprint density at radius 2 is 2.11 bits per heavy atom. The highest BCUT2D eigenvalue weighted by Gasteiger charge is 2.41. The van der Waals surface area contributed by atoms with Gasteiger partial charge in [-0.1, -0.05) is 12.1 Å². The van der Waals surface area contributed by atoms with E-state index in [1.165, 1.54) is 0 Å². The maximum atomic E-state index is 10.1. The van der Waals surface area contributed by atoms with Gasteiger partial charge in [0.15, 0.2) is 11.5 Å². The van der Waals surface area contributed by atoms with Crippen LogP contribution in [0, 0.1) is 0 Å². The van der Waals surface area contributed by atoms with E-state index in [2.05, 4.69) is 11.9 Å². The normalized spacial score (nSPS) is 21.8. The molecule has 1 aromatic carbocycles. The third-order valence-corrected chi connectivity index (χ3v) is 3.94. The SMILES string of the molecule is COc1cccc(CC2(O)CC2)c1OC1CN(C)C1. The van der Waals surface area contributed by atoms with Crippen LogP contribution in [0.3, 0.4) is 0 Å². The lowest BCUT2D eigenvalue weighted by molar-refractivity contribution is 0.0355. The van der Waals surface area contributed by atoms with Crippen molar-refractivity contribution >= 4 is 0 Å². The summed E-state index contributed by atoms with van der Waals surface area (Å²) < 4.78 is 11.5. The number of benzene rings is 1. The number of hydrogen-bond donors (Lipinski definition) is 1. The summed E-state index contributed by atoms with van der Waals surface area (Å²) in [6.45, 7) is 1.89. The molecule has 1 aliphatic heterocycles. The summed E-state index contributed by atoms with van der Waals surface area (Å²) in [5.74, 6) is 1.57. The third kappa shape index (κ3) is 2.69. The van der Waals surface area contributed by atoms with Crippen molar-refractivity contribution in [3.05, 3.63) is 23.8 Å². The van der Waals surface area contributed by atoms with Gasteiger partial charge in [-0.25, -0.2) is 0 Å². The molecule has 3 rings (SSSR count). The number of hydrogen-bond acceptors (Lipinski definition) is 4. The number of nitrogens with zero attached hydrogens (tertiary/aromatic N) is 1. The number of aliphatic hydroxyl groups is 1. The van der Waals surface area contributed by atoms with Gasteiger partial charge in [0.1, 0.15) is 6.10 Å². The molecule has 1 aliphatic carbocycles. The van der Waals surface area contributed by atoms with E-state index in [0.29, 0.717) is 6.42 Å². The Hall–Kier alpha value is -1.26. The van der Waals surface area contributed by atoms with E-state index in [1.54, 1.807) is 7.11 Å². The van der Waals surface area contributed by atoms with E-state index < -0.39 is 5.60 Å². The van der Waals surface area contributed by atoms with Gasteiger partial charge in [0, 0.05) is 25.1 Å². The van der Waals surface area contributed by atoms with Gasteiger partial charge in [-0.05, 0) is 26.0 Å². The summed E-state index contributed by atoms with van der Waals surface area (Å²) in [6.07, 6.45) is 2.65. The van der Waals surface area contributed by atoms with Gasteiger partial charge in [-0.3, -0.25) is 4.90 Å². The van der Waals surface area contributed by atoms with Gasteiger partial charge in [-0.15, -0.1) is 0 Å². The van der Waals surface area contributed by atoms with E-state index in [9.17, 15) is 5.11 Å². The van der Waals surface area contributed by atoms with Crippen LogP contribution in [0.15, 0.2) is 18.2 Å². The molecule has 4 heteroatoms. The molecule has 1 heterocycles. The number of rotatable bonds is 5. The van der Waals surface area contributed by atoms with Gasteiger partial charge in [0.2, 0.25) is 0 Å². The quantitative estimate of drug-likeness (QED) is 0.873. The maximum Gasteiger partial charge on any atom is 0.165 e. The first-order chi connectivity index (χ1) is 9.09. The van der Waals surface area contributed by atoms with E-state index >= 15 is 0 Å². The van der Waals surface area contributed by atoms with Crippen molar-refractivity contribution in [2.24, 2.45) is 0 Å². The summed E-state index contributed by atoms with van der Waals surface area (Å²) in [5, 5.41) is 10.1. The lowest BCUT2D eigenvalue weighted by Gasteiger charge is -2.36. The van der Waals surface area contributed by atoms with Crippen molar-refractivity contribution in [1.29, 1.82) is 0 Å². The fourth-order valence-electron chi connectivity index (χ4n) is 2.55. The van der Waals surface area contributed by atoms with Gasteiger partial charge in [-0.2, -0.15) is 0 Å². The molecule has 0 amide bonds. The average Bonchev–Trinajstić information content (AvgIpc) is 3.07. The standard InChI is InChI=1S/C15H21NO3/c1-16-9-12(10-16)19-14-11(8-15(17)6-7-15)4-3-5-13(14)18-2/h3-5,12,17H,6-10H2,1-2H3. The van der Waals surface area contributed by atoms with Crippen LogP contribution < -0.4 is 9.47 Å². The van der Waals surface area contributed by atoms with Gasteiger partial charge in [0.05, 0.1) is 12.7 Å². The van der Waals surface area contributed by atoms with Crippen molar-refractivity contribution in [3.8, 4) is 11.5 Å². The second kappa shape index (κ2) is 4.69. The van der Waals surface area contributed by atoms with Crippen LogP contribution in [-0.2, 0) is 6.42 Å². The highest BCUT2D eigenvalue weighted by molar-refractivity contribution is 5.48. The monoisotopic (exact) mass is 263 g/mol. The fourth-order valence-corrected chi connectivity index (χ4v) is 2.55. The summed E-state index contributed by atoms with van der Waals surface area (Å²) in [4.78, 5) is 2.22. The molecule has 0 aromatic heterocycles. The van der Waals surface area contributed by atoms with Gasteiger partial charge in [0.25, 0.3) is 0 Å². The summed E-state index contributed by atoms with van der Waals surface area (Å²) in [7, 11) is 3.74. The topological polar surface area (TPSA) is 41.9 Å². The number of likely N-dealkylation sites (tertiary alicyclic amines) is 1. The number of likely N-dealkylation sites (N-methyl/N-ethyl adjacent to an activating group) is 1. The molecule has 1 aromatic rings. The molecular formula is C15H21NO3. The van der Waals surface area contributed by atoms with Crippen molar-refractivity contribution < 1.29 is 14.6 Å². The average molecular weight is 263 g/mol. The molecular weight excluding hydrogens is 242 g/mol. The molecule has 2 fully saturated rings. The molecule has 0 bridgehead atoms. The zero-order valence-corrected chi connectivity index (χ0v) is 11.6. The van der Waals surface area contributed by atoms with Crippen molar-refractivity contribution in [2.75, 3.05) is 27.2 Å². The minimum absolute atomic E-state index is 0.230. The summed E-state index contributed by atoms with van der Waals surface area (Å²) in [5.41, 5.74) is 0.537. The molecule has 4 nitrogen and oxygen atoms in total. The molecule has 1 saturated heterocycles. The van der Waals surface area contributed by atoms with E-state index in [4.69, 9.17) is 9.47 Å². The molecule has 0 unspecified atom stereocenters. The Morgan fingerprint density at radius 1 is 1.37 bits per heavy atom. The molecule has 1 N–H and O–H groups in total. The molecule has 0 radical (unpaired) electrons. The van der Waals surface area contributed by atoms with Crippen molar-refractivity contribution in [3.63, 3.8) is 0 Å². The summed E-state index contributed by atoms with van der Waals surface area (Å²) >= 11 is 0. The number of para-hydroxylation sites is 1. The molecule has 19 heavy (non-hydrogen) atoms. The smallest absolute Gasteiger partial charge is 0.165 e. The zero-order valence-electron chi connectivity index (χ0n) is 11.6. The van der Waals surface area contributed by atoms with Gasteiger partial charge >= 0.3 is 0 Å². The predicted octanol–water partition coefficient (Wildman–Crippen LogP) is 1.46. The number of methoxy groups -OCH3 is 1. The highest BCUT2D eigenvalue weighted by Crippen LogP contribution is 2.42. The van der Waals surface area contributed by atoms with E-state index in [-0.39, 0.29) is 6.10 Å². The van der Waals surface area contributed by atoms with E-state index in [0.717, 1.165) is 43.0 Å². The van der Waals surface area contributed by atoms with Crippen LogP contribution in [0.1, 0.15) is 18.4 Å². The minimum atomic E-state index is -0.513. The Morgan fingerprint density at radius 3 is 2.68 bits per heavy atom. The molecule has 2 aliphatic rings. The minimum Gasteiger partial charge on any atom is -0.493 e. The first kappa shape index (κ1) is 12.8. The number of ether oxygens (including phenoxy) is 2. The Bertz CT molecular complexity index is 464. The first-order valence-corrected chi connectivity index (χ1v) is 6.83. The third-order valence-electron chi connectivity index (χ3n) is 3.94. The highest BCUT2D eigenvalue weighted by atomic mass is 16.5. The Labute approximate surface area is 113 Å². The fraction of sp³-hybridized carbons (Fsp3) is 0.600.